The van der Waals surface area contributed by atoms with Gasteiger partial charge in [0, 0.05) is 38.9 Å². The Balaban J connectivity index is 0.00000420. The van der Waals surface area contributed by atoms with Crippen molar-refractivity contribution >= 4 is 35.8 Å². The standard InChI is InChI=1S/C19H24F3N5O.HI/c1-4-23-18(25-12-14-9-10-24-17(11-14)27(2)3)26-13-15-7-5-6-8-16(15)28-19(20,21)22;/h5-11H,4,12-13H2,1-3H3,(H2,23,25,26);1H. The average Bonchev–Trinajstić information content (AvgIpc) is 2.64. The van der Waals surface area contributed by atoms with Crippen LogP contribution in [0, 0.1) is 0 Å². The van der Waals surface area contributed by atoms with Crippen molar-refractivity contribution in [1.29, 1.82) is 0 Å². The maximum absolute atomic E-state index is 12.6. The molecular weight excluding hydrogens is 498 g/mol. The van der Waals surface area contributed by atoms with E-state index >= 15 is 0 Å². The minimum absolute atomic E-state index is 0. The Bertz CT molecular complexity index is 799. The summed E-state index contributed by atoms with van der Waals surface area (Å²) < 4.78 is 41.7. The number of nitrogens with zero attached hydrogens (tertiary/aromatic N) is 3. The van der Waals surface area contributed by atoms with Crippen LogP contribution in [-0.4, -0.2) is 37.9 Å². The van der Waals surface area contributed by atoms with Gasteiger partial charge in [-0.1, -0.05) is 18.2 Å². The first-order valence-electron chi connectivity index (χ1n) is 8.76. The molecule has 0 radical (unpaired) electrons. The number of aliphatic imine (C=N–C) groups is 1. The van der Waals surface area contributed by atoms with Crippen molar-refractivity contribution in [3.8, 4) is 5.75 Å². The molecular formula is C19H25F3IN5O. The van der Waals surface area contributed by atoms with Gasteiger partial charge in [0.25, 0.3) is 0 Å². The molecule has 0 saturated heterocycles. The van der Waals surface area contributed by atoms with E-state index < -0.39 is 6.36 Å². The zero-order valence-electron chi connectivity index (χ0n) is 16.5. The highest BCUT2D eigenvalue weighted by Gasteiger charge is 2.31. The number of para-hydroxylation sites is 1. The Morgan fingerprint density at radius 3 is 2.55 bits per heavy atom. The van der Waals surface area contributed by atoms with E-state index in [0.29, 0.717) is 24.6 Å². The lowest BCUT2D eigenvalue weighted by Gasteiger charge is -2.15. The van der Waals surface area contributed by atoms with Gasteiger partial charge in [-0.05, 0) is 30.7 Å². The van der Waals surface area contributed by atoms with Crippen LogP contribution in [0.15, 0.2) is 47.6 Å². The van der Waals surface area contributed by atoms with Crippen molar-refractivity contribution in [3.63, 3.8) is 0 Å². The molecule has 0 aliphatic carbocycles. The number of hydrogen-bond donors (Lipinski definition) is 2. The van der Waals surface area contributed by atoms with Crippen molar-refractivity contribution in [2.24, 2.45) is 4.99 Å². The van der Waals surface area contributed by atoms with Gasteiger partial charge in [-0.15, -0.1) is 37.1 Å². The van der Waals surface area contributed by atoms with Gasteiger partial charge in [-0.25, -0.2) is 9.98 Å². The minimum Gasteiger partial charge on any atom is -0.405 e. The number of guanidine groups is 1. The highest BCUT2D eigenvalue weighted by Crippen LogP contribution is 2.26. The first-order chi connectivity index (χ1) is 13.3. The lowest BCUT2D eigenvalue weighted by Crippen LogP contribution is -2.37. The molecule has 6 nitrogen and oxygen atoms in total. The van der Waals surface area contributed by atoms with Crippen molar-refractivity contribution in [2.75, 3.05) is 25.5 Å². The number of benzene rings is 1. The van der Waals surface area contributed by atoms with Gasteiger partial charge >= 0.3 is 6.36 Å². The van der Waals surface area contributed by atoms with E-state index in [1.165, 1.54) is 12.1 Å². The molecule has 1 aromatic heterocycles. The highest BCUT2D eigenvalue weighted by molar-refractivity contribution is 14.0. The summed E-state index contributed by atoms with van der Waals surface area (Å²) in [5, 5.41) is 6.11. The Kier molecular flexibility index (Phi) is 9.99. The number of pyridine rings is 1. The van der Waals surface area contributed by atoms with Crippen LogP contribution in [0.4, 0.5) is 19.0 Å². The molecule has 0 aliphatic heterocycles. The van der Waals surface area contributed by atoms with Crippen molar-refractivity contribution in [1.82, 2.24) is 15.6 Å². The third kappa shape index (κ3) is 8.75. The summed E-state index contributed by atoms with van der Waals surface area (Å²) in [5.41, 5.74) is 1.35. The lowest BCUT2D eigenvalue weighted by molar-refractivity contribution is -0.274. The Morgan fingerprint density at radius 2 is 1.90 bits per heavy atom. The lowest BCUT2D eigenvalue weighted by atomic mass is 10.2. The van der Waals surface area contributed by atoms with Gasteiger partial charge < -0.3 is 20.3 Å². The van der Waals surface area contributed by atoms with E-state index in [0.717, 1.165) is 11.4 Å². The van der Waals surface area contributed by atoms with Crippen LogP contribution in [0.2, 0.25) is 0 Å². The summed E-state index contributed by atoms with van der Waals surface area (Å²) in [7, 11) is 3.81. The van der Waals surface area contributed by atoms with Crippen LogP contribution in [0.25, 0.3) is 0 Å². The van der Waals surface area contributed by atoms with Crippen molar-refractivity contribution in [3.05, 3.63) is 53.7 Å². The van der Waals surface area contributed by atoms with Gasteiger partial charge in [0.15, 0.2) is 5.96 Å². The quantitative estimate of drug-likeness (QED) is 0.328. The maximum Gasteiger partial charge on any atom is 0.573 e. The summed E-state index contributed by atoms with van der Waals surface area (Å²) in [6.45, 7) is 3.07. The number of ether oxygens (including phenoxy) is 1. The molecule has 0 amide bonds. The number of halogens is 4. The molecule has 0 fully saturated rings. The summed E-state index contributed by atoms with van der Waals surface area (Å²) in [6.07, 6.45) is -3.02. The van der Waals surface area contributed by atoms with Crippen LogP contribution in [-0.2, 0) is 13.1 Å². The Labute approximate surface area is 185 Å². The molecule has 2 N–H and O–H groups in total. The number of rotatable bonds is 7. The van der Waals surface area contributed by atoms with Crippen LogP contribution in [0.1, 0.15) is 18.1 Å². The van der Waals surface area contributed by atoms with E-state index in [1.54, 1.807) is 18.3 Å². The summed E-state index contributed by atoms with van der Waals surface area (Å²) >= 11 is 0. The highest BCUT2D eigenvalue weighted by atomic mass is 127. The Hall–Kier alpha value is -2.24. The van der Waals surface area contributed by atoms with Gasteiger partial charge in [0.2, 0.25) is 0 Å². The van der Waals surface area contributed by atoms with E-state index in [-0.39, 0.29) is 36.3 Å². The summed E-state index contributed by atoms with van der Waals surface area (Å²) in [6, 6.07) is 9.81. The van der Waals surface area contributed by atoms with Gasteiger partial charge in [-0.2, -0.15) is 0 Å². The average molecular weight is 523 g/mol. The number of aromatic nitrogens is 1. The fraction of sp³-hybridized carbons (Fsp3) is 0.368. The second kappa shape index (κ2) is 11.7. The predicted octanol–water partition coefficient (Wildman–Crippen LogP) is 3.92. The van der Waals surface area contributed by atoms with Crippen molar-refractivity contribution < 1.29 is 17.9 Å². The molecule has 2 rings (SSSR count). The molecule has 0 spiro atoms. The molecule has 2 aromatic rings. The molecule has 0 unspecified atom stereocenters. The third-order valence-electron chi connectivity index (χ3n) is 3.68. The summed E-state index contributed by atoms with van der Waals surface area (Å²) in [4.78, 5) is 10.6. The van der Waals surface area contributed by atoms with Gasteiger partial charge in [0.05, 0.1) is 6.54 Å². The number of anilines is 1. The smallest absolute Gasteiger partial charge is 0.405 e. The molecule has 1 aromatic carbocycles. The molecule has 0 atom stereocenters. The molecule has 160 valence electrons. The van der Waals surface area contributed by atoms with Crippen LogP contribution in [0.3, 0.4) is 0 Å². The normalized spacial score (nSPS) is 11.4. The first-order valence-corrected chi connectivity index (χ1v) is 8.76. The van der Waals surface area contributed by atoms with Gasteiger partial charge in [-0.3, -0.25) is 0 Å². The zero-order chi connectivity index (χ0) is 20.6. The molecule has 29 heavy (non-hydrogen) atoms. The van der Waals surface area contributed by atoms with E-state index in [2.05, 4.69) is 25.3 Å². The second-order valence-corrected chi connectivity index (χ2v) is 6.12. The van der Waals surface area contributed by atoms with Crippen molar-refractivity contribution in [2.45, 2.75) is 26.4 Å². The largest absolute Gasteiger partial charge is 0.573 e. The minimum atomic E-state index is -4.74. The Morgan fingerprint density at radius 1 is 1.17 bits per heavy atom. The monoisotopic (exact) mass is 523 g/mol. The fourth-order valence-corrected chi connectivity index (χ4v) is 2.37. The van der Waals surface area contributed by atoms with Crippen LogP contribution >= 0.6 is 24.0 Å². The van der Waals surface area contributed by atoms with Crippen LogP contribution < -0.4 is 20.3 Å². The molecule has 0 saturated carbocycles. The number of alkyl halides is 3. The second-order valence-electron chi connectivity index (χ2n) is 6.12. The molecule has 0 bridgehead atoms. The number of hydrogen-bond acceptors (Lipinski definition) is 4. The summed E-state index contributed by atoms with van der Waals surface area (Å²) in [5.74, 6) is 1.08. The molecule has 10 heteroatoms. The maximum atomic E-state index is 12.6. The van der Waals surface area contributed by atoms with E-state index in [4.69, 9.17) is 0 Å². The van der Waals surface area contributed by atoms with E-state index in [1.807, 2.05) is 38.1 Å². The topological polar surface area (TPSA) is 61.8 Å². The first kappa shape index (κ1) is 24.8. The van der Waals surface area contributed by atoms with Gasteiger partial charge in [0.1, 0.15) is 11.6 Å². The zero-order valence-corrected chi connectivity index (χ0v) is 18.8. The van der Waals surface area contributed by atoms with E-state index in [9.17, 15) is 13.2 Å². The van der Waals surface area contributed by atoms with Crippen LogP contribution in [0.5, 0.6) is 5.75 Å². The number of nitrogens with one attached hydrogen (secondary N) is 2. The fourth-order valence-electron chi connectivity index (χ4n) is 2.37. The molecule has 1 heterocycles. The predicted molar refractivity (Wildman–Crippen MR) is 119 cm³/mol. The SMILES string of the molecule is CCNC(=NCc1ccnc(N(C)C)c1)NCc1ccccc1OC(F)(F)F.I. The molecule has 0 aliphatic rings. The third-order valence-corrected chi connectivity index (χ3v) is 3.68.